The molecular formula is C13H19F3N4S. The molecule has 1 aliphatic heterocycles. The fourth-order valence-corrected chi connectivity index (χ4v) is 2.77. The molecule has 0 aliphatic carbocycles. The van der Waals surface area contributed by atoms with Crippen molar-refractivity contribution in [2.24, 2.45) is 0 Å². The first-order chi connectivity index (χ1) is 9.80. The van der Waals surface area contributed by atoms with E-state index in [0.29, 0.717) is 31.3 Å². The van der Waals surface area contributed by atoms with E-state index in [9.17, 15) is 13.2 Å². The van der Waals surface area contributed by atoms with Gasteiger partial charge in [0, 0.05) is 37.4 Å². The molecule has 1 fully saturated rings. The van der Waals surface area contributed by atoms with Gasteiger partial charge in [0.15, 0.2) is 5.16 Å². The van der Waals surface area contributed by atoms with Crippen LogP contribution in [-0.4, -0.2) is 60.0 Å². The predicted octanol–water partition coefficient (Wildman–Crippen LogP) is 2.50. The molecule has 1 aliphatic rings. The van der Waals surface area contributed by atoms with E-state index >= 15 is 0 Å². The SMILES string of the molecule is CSc1nc(C)c(C)c(N2CCN(CC(F)(F)F)CC2)n1. The lowest BCUT2D eigenvalue weighted by molar-refractivity contribution is -0.146. The molecule has 8 heteroatoms. The monoisotopic (exact) mass is 320 g/mol. The van der Waals surface area contributed by atoms with Gasteiger partial charge in [0.05, 0.1) is 6.54 Å². The predicted molar refractivity (Wildman–Crippen MR) is 78.0 cm³/mol. The van der Waals surface area contributed by atoms with E-state index in [1.54, 1.807) is 0 Å². The molecule has 0 aromatic carbocycles. The number of aryl methyl sites for hydroxylation is 1. The summed E-state index contributed by atoms with van der Waals surface area (Å²) in [5, 5.41) is 0.700. The molecule has 2 rings (SSSR count). The Kier molecular flexibility index (Phi) is 4.98. The van der Waals surface area contributed by atoms with E-state index in [1.165, 1.54) is 16.7 Å². The van der Waals surface area contributed by atoms with Crippen LogP contribution in [0, 0.1) is 13.8 Å². The van der Waals surface area contributed by atoms with E-state index in [0.717, 1.165) is 17.1 Å². The number of anilines is 1. The summed E-state index contributed by atoms with van der Waals surface area (Å²) in [6.45, 7) is 4.96. The number of nitrogens with zero attached hydrogens (tertiary/aromatic N) is 4. The van der Waals surface area contributed by atoms with Crippen LogP contribution < -0.4 is 4.90 Å². The molecule has 1 aromatic rings. The number of aromatic nitrogens is 2. The third-order valence-corrected chi connectivity index (χ3v) is 4.15. The number of rotatable bonds is 3. The number of piperazine rings is 1. The van der Waals surface area contributed by atoms with Gasteiger partial charge in [-0.25, -0.2) is 9.97 Å². The number of alkyl halides is 3. The highest BCUT2D eigenvalue weighted by Crippen LogP contribution is 2.25. The molecule has 0 radical (unpaired) electrons. The first kappa shape index (κ1) is 16.4. The Balaban J connectivity index is 2.07. The zero-order valence-electron chi connectivity index (χ0n) is 12.4. The average Bonchev–Trinajstić information content (AvgIpc) is 2.41. The highest BCUT2D eigenvalue weighted by molar-refractivity contribution is 7.98. The smallest absolute Gasteiger partial charge is 0.354 e. The van der Waals surface area contributed by atoms with E-state index in [2.05, 4.69) is 14.9 Å². The Hall–Kier alpha value is -1.02. The van der Waals surface area contributed by atoms with E-state index in [1.807, 2.05) is 20.1 Å². The van der Waals surface area contributed by atoms with Gasteiger partial charge in [-0.2, -0.15) is 13.2 Å². The lowest BCUT2D eigenvalue weighted by Gasteiger charge is -2.36. The van der Waals surface area contributed by atoms with Crippen LogP contribution in [0.15, 0.2) is 5.16 Å². The van der Waals surface area contributed by atoms with E-state index in [-0.39, 0.29) is 0 Å². The van der Waals surface area contributed by atoms with Crippen molar-refractivity contribution in [1.29, 1.82) is 0 Å². The zero-order valence-corrected chi connectivity index (χ0v) is 13.2. The summed E-state index contributed by atoms with van der Waals surface area (Å²) in [6, 6.07) is 0. The van der Waals surface area contributed by atoms with Gasteiger partial charge in [0.2, 0.25) is 0 Å². The highest BCUT2D eigenvalue weighted by Gasteiger charge is 2.32. The number of hydrogen-bond donors (Lipinski definition) is 0. The van der Waals surface area contributed by atoms with Crippen LogP contribution >= 0.6 is 11.8 Å². The molecule has 118 valence electrons. The molecule has 0 N–H and O–H groups in total. The van der Waals surface area contributed by atoms with Gasteiger partial charge < -0.3 is 4.90 Å². The van der Waals surface area contributed by atoms with Crippen LogP contribution in [0.4, 0.5) is 19.0 Å². The second-order valence-electron chi connectivity index (χ2n) is 5.12. The van der Waals surface area contributed by atoms with E-state index in [4.69, 9.17) is 0 Å². The standard InChI is InChI=1S/C13H19F3N4S/c1-9-10(2)17-12(21-3)18-11(9)20-6-4-19(5-7-20)8-13(14,15)16/h4-8H2,1-3H3. The Bertz CT molecular complexity index is 499. The molecular weight excluding hydrogens is 301 g/mol. The normalized spacial score (nSPS) is 17.3. The molecule has 4 nitrogen and oxygen atoms in total. The molecule has 0 unspecified atom stereocenters. The lowest BCUT2D eigenvalue weighted by atomic mass is 10.2. The van der Waals surface area contributed by atoms with Gasteiger partial charge in [0.25, 0.3) is 0 Å². The minimum atomic E-state index is -4.13. The maximum atomic E-state index is 12.4. The zero-order chi connectivity index (χ0) is 15.6. The largest absolute Gasteiger partial charge is 0.401 e. The molecule has 21 heavy (non-hydrogen) atoms. The number of thioether (sulfide) groups is 1. The Morgan fingerprint density at radius 2 is 1.71 bits per heavy atom. The van der Waals surface area contributed by atoms with Crippen LogP contribution in [0.5, 0.6) is 0 Å². The van der Waals surface area contributed by atoms with Gasteiger partial charge in [-0.1, -0.05) is 11.8 Å². The summed E-state index contributed by atoms with van der Waals surface area (Å²) in [5.74, 6) is 0.846. The summed E-state index contributed by atoms with van der Waals surface area (Å²) in [4.78, 5) is 12.4. The van der Waals surface area contributed by atoms with Gasteiger partial charge in [-0.05, 0) is 20.1 Å². The molecule has 0 atom stereocenters. The molecule has 0 spiro atoms. The van der Waals surface area contributed by atoms with Gasteiger partial charge in [0.1, 0.15) is 5.82 Å². The van der Waals surface area contributed by atoms with Crippen LogP contribution in [0.25, 0.3) is 0 Å². The Labute approximate surface area is 126 Å². The van der Waals surface area contributed by atoms with Crippen molar-refractivity contribution in [1.82, 2.24) is 14.9 Å². The molecule has 1 saturated heterocycles. The van der Waals surface area contributed by atoms with Crippen LogP contribution in [0.3, 0.4) is 0 Å². The molecule has 1 aromatic heterocycles. The van der Waals surface area contributed by atoms with Crippen molar-refractivity contribution in [2.45, 2.75) is 25.2 Å². The van der Waals surface area contributed by atoms with Crippen molar-refractivity contribution in [3.05, 3.63) is 11.3 Å². The summed E-state index contributed by atoms with van der Waals surface area (Å²) >= 11 is 1.47. The van der Waals surface area contributed by atoms with Crippen molar-refractivity contribution >= 4 is 17.6 Å². The summed E-state index contributed by atoms with van der Waals surface area (Å²) < 4.78 is 37.2. The molecule has 0 amide bonds. The summed E-state index contributed by atoms with van der Waals surface area (Å²) in [7, 11) is 0. The quantitative estimate of drug-likeness (QED) is 0.631. The van der Waals surface area contributed by atoms with Crippen LogP contribution in [0.2, 0.25) is 0 Å². The van der Waals surface area contributed by atoms with Crippen molar-refractivity contribution < 1.29 is 13.2 Å². The Morgan fingerprint density at radius 1 is 1.10 bits per heavy atom. The lowest BCUT2D eigenvalue weighted by Crippen LogP contribution is -2.49. The second kappa shape index (κ2) is 6.39. The van der Waals surface area contributed by atoms with Crippen molar-refractivity contribution in [2.75, 3.05) is 43.9 Å². The number of hydrogen-bond acceptors (Lipinski definition) is 5. The fraction of sp³-hybridized carbons (Fsp3) is 0.692. The van der Waals surface area contributed by atoms with E-state index < -0.39 is 12.7 Å². The van der Waals surface area contributed by atoms with Gasteiger partial charge in [-0.15, -0.1) is 0 Å². The van der Waals surface area contributed by atoms with Crippen molar-refractivity contribution in [3.8, 4) is 0 Å². The van der Waals surface area contributed by atoms with Crippen molar-refractivity contribution in [3.63, 3.8) is 0 Å². The maximum absolute atomic E-state index is 12.4. The first-order valence-electron chi connectivity index (χ1n) is 6.73. The third kappa shape index (κ3) is 4.23. The average molecular weight is 320 g/mol. The second-order valence-corrected chi connectivity index (χ2v) is 5.90. The molecule has 0 saturated carbocycles. The summed E-state index contributed by atoms with van der Waals surface area (Å²) in [5.41, 5.74) is 1.92. The minimum Gasteiger partial charge on any atom is -0.354 e. The topological polar surface area (TPSA) is 32.3 Å². The number of halogens is 3. The minimum absolute atomic E-state index is 0.399. The molecule has 0 bridgehead atoms. The first-order valence-corrected chi connectivity index (χ1v) is 7.96. The molecule has 2 heterocycles. The Morgan fingerprint density at radius 3 is 2.24 bits per heavy atom. The van der Waals surface area contributed by atoms with Gasteiger partial charge in [-0.3, -0.25) is 4.90 Å². The fourth-order valence-electron chi connectivity index (χ4n) is 2.36. The highest BCUT2D eigenvalue weighted by atomic mass is 32.2. The van der Waals surface area contributed by atoms with Gasteiger partial charge >= 0.3 is 6.18 Å². The summed E-state index contributed by atoms with van der Waals surface area (Å²) in [6.07, 6.45) is -2.22. The van der Waals surface area contributed by atoms with Crippen LogP contribution in [-0.2, 0) is 0 Å². The third-order valence-electron chi connectivity index (χ3n) is 3.60. The maximum Gasteiger partial charge on any atom is 0.401 e. The van der Waals surface area contributed by atoms with Crippen LogP contribution in [0.1, 0.15) is 11.3 Å².